The molecule has 0 N–H and O–H groups in total. The lowest BCUT2D eigenvalue weighted by Gasteiger charge is -1.84. The number of hydrogen-bond acceptors (Lipinski definition) is 2. The van der Waals surface area contributed by atoms with E-state index in [9.17, 15) is 0 Å². The zero-order valence-corrected chi connectivity index (χ0v) is 4.10. The van der Waals surface area contributed by atoms with Crippen molar-refractivity contribution in [2.45, 2.75) is 6.92 Å². The standard InChI is InChI=1S/C4H9O2/c1-3-6-4-5-2/h3H,4H2,1-2H3/q+1. The average Bonchev–Trinajstić information content (AvgIpc) is 1.61. The normalized spacial score (nSPS) is 8.33. The van der Waals surface area contributed by atoms with Crippen molar-refractivity contribution < 1.29 is 9.47 Å². The first-order valence-electron chi connectivity index (χ1n) is 1.80. The van der Waals surface area contributed by atoms with Crippen molar-refractivity contribution >= 4 is 0 Å². The topological polar surface area (TPSA) is 18.5 Å². The number of methoxy groups -OCH3 is 1. The summed E-state index contributed by atoms with van der Waals surface area (Å²) in [6.45, 7) is 3.75. The first-order valence-corrected chi connectivity index (χ1v) is 1.80. The van der Waals surface area contributed by atoms with Crippen LogP contribution in [-0.4, -0.2) is 13.9 Å². The van der Waals surface area contributed by atoms with Gasteiger partial charge in [0.2, 0.25) is 6.61 Å². The molecule has 0 aliphatic rings. The Morgan fingerprint density at radius 2 is 2.33 bits per heavy atom. The molecule has 0 fully saturated rings. The van der Waals surface area contributed by atoms with Crippen molar-refractivity contribution in [3.63, 3.8) is 0 Å². The third kappa shape index (κ3) is 3.79. The van der Waals surface area contributed by atoms with Gasteiger partial charge in [-0.15, -0.1) is 0 Å². The van der Waals surface area contributed by atoms with Crippen LogP contribution in [0.4, 0.5) is 0 Å². The van der Waals surface area contributed by atoms with Crippen molar-refractivity contribution in [3.05, 3.63) is 6.61 Å². The third-order valence-electron chi connectivity index (χ3n) is 0.353. The lowest BCUT2D eigenvalue weighted by atomic mass is 10.9. The van der Waals surface area contributed by atoms with Crippen LogP contribution in [0, 0.1) is 6.61 Å². The Morgan fingerprint density at radius 1 is 1.67 bits per heavy atom. The van der Waals surface area contributed by atoms with Crippen LogP contribution in [0.5, 0.6) is 0 Å². The summed E-state index contributed by atoms with van der Waals surface area (Å²) in [6.07, 6.45) is 0. The van der Waals surface area contributed by atoms with Gasteiger partial charge in [0.25, 0.3) is 0 Å². The summed E-state index contributed by atoms with van der Waals surface area (Å²) >= 11 is 0. The molecule has 6 heavy (non-hydrogen) atoms. The highest BCUT2D eigenvalue weighted by Gasteiger charge is 1.82. The minimum Gasteiger partial charge on any atom is -0.354 e. The first kappa shape index (κ1) is 5.79. The fraction of sp³-hybridized carbons (Fsp3) is 0.750. The molecule has 0 aromatic rings. The highest BCUT2D eigenvalue weighted by molar-refractivity contribution is 4.26. The quantitative estimate of drug-likeness (QED) is 0.289. The molecule has 0 aliphatic carbocycles. The number of rotatable bonds is 3. The van der Waals surface area contributed by atoms with Crippen molar-refractivity contribution in [1.82, 2.24) is 0 Å². The summed E-state index contributed by atoms with van der Waals surface area (Å²) in [7, 11) is 1.59. The lowest BCUT2D eigenvalue weighted by molar-refractivity contribution is 0.00148. The Kier molecular flexibility index (Phi) is 4.62. The van der Waals surface area contributed by atoms with E-state index in [1.54, 1.807) is 20.6 Å². The SMILES string of the molecule is C[CH+]OCOC. The summed E-state index contributed by atoms with van der Waals surface area (Å²) in [5, 5.41) is 0. The van der Waals surface area contributed by atoms with Crippen LogP contribution in [0.3, 0.4) is 0 Å². The highest BCUT2D eigenvalue weighted by Crippen LogP contribution is 1.75. The lowest BCUT2D eigenvalue weighted by Crippen LogP contribution is -1.89. The van der Waals surface area contributed by atoms with Gasteiger partial charge >= 0.3 is 0 Å². The van der Waals surface area contributed by atoms with Gasteiger partial charge in [-0.05, 0) is 0 Å². The van der Waals surface area contributed by atoms with Gasteiger partial charge in [0.15, 0.2) is 6.79 Å². The molecule has 0 heterocycles. The summed E-state index contributed by atoms with van der Waals surface area (Å²) in [5.41, 5.74) is 0. The zero-order valence-electron chi connectivity index (χ0n) is 4.10. The van der Waals surface area contributed by atoms with Crippen molar-refractivity contribution in [3.8, 4) is 0 Å². The Hall–Kier alpha value is -0.210. The fourth-order valence-electron chi connectivity index (χ4n) is 0.136. The maximum absolute atomic E-state index is 4.64. The van der Waals surface area contributed by atoms with Crippen molar-refractivity contribution in [1.29, 1.82) is 0 Å². The van der Waals surface area contributed by atoms with Crippen LogP contribution >= 0.6 is 0 Å². The Morgan fingerprint density at radius 3 is 2.50 bits per heavy atom. The van der Waals surface area contributed by atoms with E-state index in [0.29, 0.717) is 6.79 Å². The maximum Gasteiger partial charge on any atom is 0.227 e. The molecule has 0 aromatic carbocycles. The van der Waals surface area contributed by atoms with Crippen LogP contribution in [0.1, 0.15) is 6.92 Å². The molecule has 0 unspecified atom stereocenters. The smallest absolute Gasteiger partial charge is 0.227 e. The van der Waals surface area contributed by atoms with Crippen molar-refractivity contribution in [2.75, 3.05) is 13.9 Å². The van der Waals surface area contributed by atoms with E-state index in [1.807, 2.05) is 0 Å². The van der Waals surface area contributed by atoms with Gasteiger partial charge in [-0.1, -0.05) is 0 Å². The predicted octanol–water partition coefficient (Wildman–Crippen LogP) is 0.789. The molecule has 36 valence electrons. The minimum atomic E-state index is 0.358. The van der Waals surface area contributed by atoms with Crippen LogP contribution in [0.15, 0.2) is 0 Å². The summed E-state index contributed by atoms with van der Waals surface area (Å²) in [5.74, 6) is 0. The largest absolute Gasteiger partial charge is 0.354 e. The molecule has 0 amide bonds. The van der Waals surface area contributed by atoms with Gasteiger partial charge in [-0.2, -0.15) is 4.74 Å². The second-order valence-corrected chi connectivity index (χ2v) is 0.809. The number of hydrogen-bond donors (Lipinski definition) is 0. The van der Waals surface area contributed by atoms with E-state index in [4.69, 9.17) is 0 Å². The first-order chi connectivity index (χ1) is 2.91. The molecule has 0 saturated heterocycles. The van der Waals surface area contributed by atoms with Crippen LogP contribution in [0.2, 0.25) is 0 Å². The molecular weight excluding hydrogens is 80.0 g/mol. The third-order valence-corrected chi connectivity index (χ3v) is 0.353. The van der Waals surface area contributed by atoms with E-state index in [0.717, 1.165) is 0 Å². The predicted molar refractivity (Wildman–Crippen MR) is 22.9 cm³/mol. The van der Waals surface area contributed by atoms with E-state index in [2.05, 4.69) is 9.47 Å². The Labute approximate surface area is 38.1 Å². The molecule has 0 bridgehead atoms. The monoisotopic (exact) mass is 89.1 g/mol. The van der Waals surface area contributed by atoms with Crippen LogP contribution in [0.25, 0.3) is 0 Å². The summed E-state index contributed by atoms with van der Waals surface area (Å²) < 4.78 is 9.16. The molecule has 0 rings (SSSR count). The van der Waals surface area contributed by atoms with Crippen molar-refractivity contribution in [2.24, 2.45) is 0 Å². The Balaban J connectivity index is 2.34. The molecule has 0 saturated carbocycles. The van der Waals surface area contributed by atoms with E-state index < -0.39 is 0 Å². The summed E-state index contributed by atoms with van der Waals surface area (Å²) in [6, 6.07) is 0. The zero-order chi connectivity index (χ0) is 4.83. The minimum absolute atomic E-state index is 0.358. The van der Waals surface area contributed by atoms with E-state index >= 15 is 0 Å². The second kappa shape index (κ2) is 4.79. The molecule has 0 aromatic heterocycles. The molecule has 0 atom stereocenters. The summed E-state index contributed by atoms with van der Waals surface area (Å²) in [4.78, 5) is 0. The molecule has 0 aliphatic heterocycles. The fourth-order valence-corrected chi connectivity index (χ4v) is 0.136. The Bertz CT molecular complexity index is 17.5. The highest BCUT2D eigenvalue weighted by atomic mass is 16.7. The van der Waals surface area contributed by atoms with E-state index in [1.165, 1.54) is 0 Å². The second-order valence-electron chi connectivity index (χ2n) is 0.809. The van der Waals surface area contributed by atoms with Gasteiger partial charge in [0, 0.05) is 7.11 Å². The van der Waals surface area contributed by atoms with E-state index in [-0.39, 0.29) is 0 Å². The van der Waals surface area contributed by atoms with Gasteiger partial charge in [0.1, 0.15) is 6.92 Å². The molecule has 0 spiro atoms. The van der Waals surface area contributed by atoms with Gasteiger partial charge in [-0.3, -0.25) is 0 Å². The molecule has 2 heteroatoms. The molecule has 0 radical (unpaired) electrons. The van der Waals surface area contributed by atoms with Gasteiger partial charge < -0.3 is 4.74 Å². The van der Waals surface area contributed by atoms with Gasteiger partial charge in [0.05, 0.1) is 0 Å². The maximum atomic E-state index is 4.64. The average molecular weight is 89.1 g/mol. The molecule has 2 nitrogen and oxygen atoms in total. The molecular formula is C4H9O2+. The van der Waals surface area contributed by atoms with Gasteiger partial charge in [-0.25, -0.2) is 0 Å². The van der Waals surface area contributed by atoms with Crippen LogP contribution < -0.4 is 0 Å². The van der Waals surface area contributed by atoms with Crippen LogP contribution in [-0.2, 0) is 9.47 Å². The number of ether oxygens (including phenoxy) is 2.